The monoisotopic (exact) mass is 870 g/mol. The maximum absolute atomic E-state index is 15.4. The van der Waals surface area contributed by atoms with Crippen LogP contribution in [0.1, 0.15) is 35.4 Å². The van der Waals surface area contributed by atoms with E-state index in [1.165, 1.54) is 12.0 Å². The summed E-state index contributed by atoms with van der Waals surface area (Å²) in [6, 6.07) is 37.4. The number of carbonyl (C=O) groups is 4. The lowest BCUT2D eigenvalue weighted by molar-refractivity contribution is -0.138. The molecule has 6 atom stereocenters. The second-order valence-corrected chi connectivity index (χ2v) is 16.4. The van der Waals surface area contributed by atoms with E-state index in [2.05, 4.69) is 10.7 Å². The lowest BCUT2D eigenvalue weighted by Gasteiger charge is -2.50. The second kappa shape index (κ2) is 14.2. The number of aromatic hydroxyl groups is 1. The minimum Gasteiger partial charge on any atom is -0.504 e. The van der Waals surface area contributed by atoms with Gasteiger partial charge in [-0.05, 0) is 120 Å². The molecule has 11 heteroatoms. The van der Waals surface area contributed by atoms with Crippen LogP contribution in [0.5, 0.6) is 11.5 Å². The van der Waals surface area contributed by atoms with Gasteiger partial charge < -0.3 is 15.2 Å². The summed E-state index contributed by atoms with van der Waals surface area (Å²) in [7, 11) is 1.47. The molecule has 9 rings (SSSR count). The van der Waals surface area contributed by atoms with E-state index in [0.717, 1.165) is 27.5 Å². The van der Waals surface area contributed by atoms with Crippen LogP contribution in [0.2, 0.25) is 0 Å². The van der Waals surface area contributed by atoms with Crippen LogP contribution in [0.15, 0.2) is 133 Å². The van der Waals surface area contributed by atoms with Crippen LogP contribution >= 0.6 is 22.6 Å². The topological polar surface area (TPSA) is 128 Å². The lowest BCUT2D eigenvalue weighted by Crippen LogP contribution is -2.53. The minimum atomic E-state index is -1.44. The number of amides is 4. The summed E-state index contributed by atoms with van der Waals surface area (Å²) < 4.78 is 6.15. The first kappa shape index (κ1) is 36.7. The van der Waals surface area contributed by atoms with E-state index < -0.39 is 46.8 Å². The van der Waals surface area contributed by atoms with Crippen LogP contribution in [-0.4, -0.2) is 40.9 Å². The molecule has 0 aromatic heterocycles. The summed E-state index contributed by atoms with van der Waals surface area (Å²) in [6.45, 7) is 1.96. The summed E-state index contributed by atoms with van der Waals surface area (Å²) in [4.78, 5) is 60.8. The van der Waals surface area contributed by atoms with Crippen molar-refractivity contribution in [1.82, 2.24) is 5.01 Å². The van der Waals surface area contributed by atoms with Gasteiger partial charge in [-0.15, -0.1) is 0 Å². The van der Waals surface area contributed by atoms with Gasteiger partial charge in [-0.3, -0.25) is 29.5 Å². The number of ether oxygens (including phenoxy) is 1. The number of imide groups is 2. The Morgan fingerprint density at radius 2 is 1.42 bits per heavy atom. The quantitative estimate of drug-likeness (QED) is 0.0809. The zero-order valence-corrected chi connectivity index (χ0v) is 33.3. The third kappa shape index (κ3) is 5.81. The number of hydrazine groups is 1. The van der Waals surface area contributed by atoms with Crippen LogP contribution < -0.4 is 20.4 Å². The van der Waals surface area contributed by atoms with Gasteiger partial charge in [-0.25, -0.2) is 0 Å². The number of benzene rings is 5. The number of phenolic OH excluding ortho intramolecular Hbond substituents is 1. The molecule has 4 amide bonds. The average Bonchev–Trinajstić information content (AvgIpc) is 3.61. The molecular formula is C46H39IN4O6. The van der Waals surface area contributed by atoms with E-state index in [1.807, 2.05) is 139 Å². The van der Waals surface area contributed by atoms with E-state index in [4.69, 9.17) is 4.74 Å². The average molecular weight is 871 g/mol. The van der Waals surface area contributed by atoms with Gasteiger partial charge in [0.05, 0.1) is 45.2 Å². The number of aryl methyl sites for hydroxylation is 1. The van der Waals surface area contributed by atoms with Crippen molar-refractivity contribution >= 4 is 69.0 Å². The molecular weight excluding hydrogens is 831 g/mol. The molecule has 2 saturated heterocycles. The molecule has 3 N–H and O–H groups in total. The van der Waals surface area contributed by atoms with E-state index >= 15 is 4.79 Å². The Morgan fingerprint density at radius 1 is 0.772 bits per heavy atom. The summed E-state index contributed by atoms with van der Waals surface area (Å²) in [6.07, 6.45) is 2.49. The number of carbonyl (C=O) groups excluding carboxylic acids is 4. The predicted octanol–water partition coefficient (Wildman–Crippen LogP) is 8.25. The van der Waals surface area contributed by atoms with Gasteiger partial charge in [0.25, 0.3) is 11.8 Å². The number of anilines is 4. The Morgan fingerprint density at radius 3 is 2.11 bits per heavy atom. The molecule has 6 unspecified atom stereocenters. The fourth-order valence-electron chi connectivity index (χ4n) is 9.67. The molecule has 57 heavy (non-hydrogen) atoms. The van der Waals surface area contributed by atoms with Crippen LogP contribution in [0.25, 0.3) is 0 Å². The molecule has 4 aliphatic rings. The molecule has 286 valence electrons. The first-order chi connectivity index (χ1) is 27.6. The van der Waals surface area contributed by atoms with Crippen LogP contribution in [0.3, 0.4) is 0 Å². The van der Waals surface area contributed by atoms with Crippen molar-refractivity contribution in [2.24, 2.45) is 23.7 Å². The summed E-state index contributed by atoms with van der Waals surface area (Å²) in [5, 5.41) is 15.5. The number of para-hydroxylation sites is 1. The fraction of sp³-hybridized carbons (Fsp3) is 0.217. The summed E-state index contributed by atoms with van der Waals surface area (Å²) in [5.74, 6) is -4.83. The third-order valence-electron chi connectivity index (χ3n) is 12.2. The zero-order valence-electron chi connectivity index (χ0n) is 31.2. The number of phenols is 1. The highest BCUT2D eigenvalue weighted by atomic mass is 127. The fourth-order valence-corrected chi connectivity index (χ4v) is 10.3. The minimum absolute atomic E-state index is 0.0362. The van der Waals surface area contributed by atoms with Crippen molar-refractivity contribution in [3.05, 3.63) is 153 Å². The Hall–Kier alpha value is -5.95. The second-order valence-electron chi connectivity index (χ2n) is 15.2. The Balaban J connectivity index is 1.17. The lowest BCUT2D eigenvalue weighted by atomic mass is 9.49. The molecule has 5 aromatic rings. The largest absolute Gasteiger partial charge is 0.504 e. The summed E-state index contributed by atoms with van der Waals surface area (Å²) in [5.41, 5.74) is 7.65. The maximum atomic E-state index is 15.4. The highest BCUT2D eigenvalue weighted by Crippen LogP contribution is 2.64. The normalized spacial score (nSPS) is 25.1. The van der Waals surface area contributed by atoms with Crippen LogP contribution in [0, 0.1) is 34.2 Å². The van der Waals surface area contributed by atoms with Crippen molar-refractivity contribution < 1.29 is 29.0 Å². The number of nitrogens with one attached hydrogen (secondary N) is 2. The number of hydrogen-bond donors (Lipinski definition) is 3. The predicted molar refractivity (Wildman–Crippen MR) is 225 cm³/mol. The Kier molecular flexibility index (Phi) is 9.14. The molecule has 1 saturated carbocycles. The molecule has 2 heterocycles. The molecule has 2 aliphatic carbocycles. The third-order valence-corrected chi connectivity index (χ3v) is 13.0. The van der Waals surface area contributed by atoms with Gasteiger partial charge in [0.1, 0.15) is 0 Å². The number of halogens is 1. The SMILES string of the molecule is COc1cc(C2C3=CCC4C(=O)N(c5ccc(Nc6ccccc6)cc5)C(=O)C4C3CC3C(=O)N(Nc4ccc(C)cc4)C(=O)C32c2ccccc2)cc(I)c1O. The van der Waals surface area contributed by atoms with Crippen LogP contribution in [-0.2, 0) is 24.6 Å². The zero-order chi connectivity index (χ0) is 39.6. The number of nitrogens with zero attached hydrogens (tertiary/aromatic N) is 2. The number of methoxy groups -OCH3 is 1. The summed E-state index contributed by atoms with van der Waals surface area (Å²) >= 11 is 2.05. The van der Waals surface area contributed by atoms with E-state index in [1.54, 1.807) is 18.2 Å². The number of fused-ring (bicyclic) bond motifs is 4. The number of hydrogen-bond acceptors (Lipinski definition) is 8. The molecule has 5 aromatic carbocycles. The van der Waals surface area contributed by atoms with Gasteiger partial charge in [0.2, 0.25) is 11.8 Å². The molecule has 0 radical (unpaired) electrons. The number of allylic oxidation sites excluding steroid dienone is 2. The van der Waals surface area contributed by atoms with Gasteiger partial charge in [0.15, 0.2) is 11.5 Å². The number of rotatable bonds is 8. The standard InChI is InChI=1S/C46H39IN4O6/c1-26-13-15-31(16-14-26)49-51-43(54)36-25-35-33(40(27-23-37(47)41(52)38(24-27)57-2)46(36,45(51)56)28-9-5-3-6-10-28)21-22-34-39(35)44(55)50(42(34)53)32-19-17-30(18-20-32)48-29-11-7-4-8-12-29/h3-21,23-24,34-36,39-40,48-49,52H,22,25H2,1-2H3. The first-order valence-corrected chi connectivity index (χ1v) is 20.0. The van der Waals surface area contributed by atoms with Gasteiger partial charge >= 0.3 is 0 Å². The van der Waals surface area contributed by atoms with Crippen molar-refractivity contribution in [3.63, 3.8) is 0 Å². The molecule has 0 spiro atoms. The first-order valence-electron chi connectivity index (χ1n) is 18.9. The van der Waals surface area contributed by atoms with E-state index in [-0.39, 0.29) is 36.2 Å². The Labute approximate surface area is 343 Å². The smallest absolute Gasteiger partial charge is 0.260 e. The molecule has 3 fully saturated rings. The highest BCUT2D eigenvalue weighted by Gasteiger charge is 2.70. The molecule has 2 aliphatic heterocycles. The van der Waals surface area contributed by atoms with Crippen molar-refractivity contribution in [2.45, 2.75) is 31.1 Å². The molecule has 0 bridgehead atoms. The van der Waals surface area contributed by atoms with Crippen molar-refractivity contribution in [2.75, 3.05) is 22.8 Å². The Bertz CT molecular complexity index is 2460. The van der Waals surface area contributed by atoms with Gasteiger partial charge in [-0.2, -0.15) is 5.01 Å². The van der Waals surface area contributed by atoms with Crippen molar-refractivity contribution in [1.29, 1.82) is 0 Å². The van der Waals surface area contributed by atoms with Crippen LogP contribution in [0.4, 0.5) is 22.7 Å². The highest BCUT2D eigenvalue weighted by molar-refractivity contribution is 14.1. The van der Waals surface area contributed by atoms with Gasteiger partial charge in [0, 0.05) is 17.3 Å². The van der Waals surface area contributed by atoms with E-state index in [9.17, 15) is 19.5 Å². The van der Waals surface area contributed by atoms with Crippen molar-refractivity contribution in [3.8, 4) is 11.5 Å². The van der Waals surface area contributed by atoms with E-state index in [0.29, 0.717) is 26.1 Å². The molecule has 10 nitrogen and oxygen atoms in total. The maximum Gasteiger partial charge on any atom is 0.260 e. The van der Waals surface area contributed by atoms with Gasteiger partial charge in [-0.1, -0.05) is 77.9 Å².